The largest absolute Gasteiger partial charge is 0.378 e. The van der Waals surface area contributed by atoms with Gasteiger partial charge in [0.05, 0.1) is 25.6 Å². The molecular formula is C22H24N6O2. The van der Waals surface area contributed by atoms with E-state index in [1.165, 1.54) is 5.69 Å². The average Bonchev–Trinajstić information content (AvgIpc) is 2.81. The number of benzene rings is 2. The zero-order chi connectivity index (χ0) is 20.8. The Kier molecular flexibility index (Phi) is 6.17. The lowest BCUT2D eigenvalue weighted by atomic mass is 10.1. The van der Waals surface area contributed by atoms with E-state index in [4.69, 9.17) is 10.5 Å². The third-order valence-corrected chi connectivity index (χ3v) is 4.86. The Labute approximate surface area is 175 Å². The highest BCUT2D eigenvalue weighted by Gasteiger charge is 2.11. The van der Waals surface area contributed by atoms with Crippen molar-refractivity contribution in [2.75, 3.05) is 43.2 Å². The molecule has 1 saturated heterocycles. The van der Waals surface area contributed by atoms with Crippen molar-refractivity contribution >= 4 is 23.2 Å². The van der Waals surface area contributed by atoms with Crippen LogP contribution in [-0.2, 0) is 4.74 Å². The van der Waals surface area contributed by atoms with Crippen LogP contribution in [0.4, 0.5) is 17.3 Å². The number of nitrogens with two attached hydrogens (primary N) is 1. The molecule has 8 heteroatoms. The average molecular weight is 404 g/mol. The number of morpholine rings is 1. The second kappa shape index (κ2) is 9.34. The van der Waals surface area contributed by atoms with Crippen molar-refractivity contribution in [2.45, 2.75) is 0 Å². The molecule has 2 heterocycles. The molecule has 1 fully saturated rings. The van der Waals surface area contributed by atoms with Crippen molar-refractivity contribution in [1.29, 1.82) is 0 Å². The van der Waals surface area contributed by atoms with Gasteiger partial charge >= 0.3 is 0 Å². The lowest BCUT2D eigenvalue weighted by Crippen LogP contribution is -2.36. The number of hydrogen-bond donors (Lipinski definition) is 3. The van der Waals surface area contributed by atoms with Gasteiger partial charge in [0, 0.05) is 41.8 Å². The number of nitrogens with one attached hydrogen (secondary N) is 2. The molecule has 1 amide bonds. The minimum absolute atomic E-state index is 0.106. The summed E-state index contributed by atoms with van der Waals surface area (Å²) < 4.78 is 5.41. The SMILES string of the molecule is NCNC(=O)c1ccc(-c2ccnc(Nc3ccc(N4CCOCC4)cc3)n2)cc1. The van der Waals surface area contributed by atoms with Crippen molar-refractivity contribution in [2.24, 2.45) is 5.73 Å². The molecule has 0 radical (unpaired) electrons. The first-order chi connectivity index (χ1) is 14.7. The molecule has 0 aliphatic carbocycles. The van der Waals surface area contributed by atoms with Crippen LogP contribution in [0.2, 0.25) is 0 Å². The number of aromatic nitrogens is 2. The smallest absolute Gasteiger partial charge is 0.252 e. The number of carbonyl (C=O) groups excluding carboxylic acids is 1. The Morgan fingerprint density at radius 2 is 1.77 bits per heavy atom. The standard InChI is InChI=1S/C22H24N6O2/c23-15-25-21(29)17-3-1-16(2-4-17)20-9-10-24-22(27-20)26-18-5-7-19(8-6-18)28-11-13-30-14-12-28/h1-10H,11-15,23H2,(H,25,29)(H,24,26,27). The Hall–Kier alpha value is -3.49. The summed E-state index contributed by atoms with van der Waals surface area (Å²) in [6.45, 7) is 3.45. The van der Waals surface area contributed by atoms with Crippen molar-refractivity contribution < 1.29 is 9.53 Å². The number of hydrogen-bond acceptors (Lipinski definition) is 7. The topological polar surface area (TPSA) is 105 Å². The highest BCUT2D eigenvalue weighted by atomic mass is 16.5. The Bertz CT molecular complexity index is 985. The van der Waals surface area contributed by atoms with Gasteiger partial charge in [-0.05, 0) is 42.5 Å². The number of amides is 1. The van der Waals surface area contributed by atoms with E-state index in [-0.39, 0.29) is 12.6 Å². The molecule has 0 saturated carbocycles. The number of ether oxygens (including phenoxy) is 1. The summed E-state index contributed by atoms with van der Waals surface area (Å²) in [7, 11) is 0. The maximum atomic E-state index is 11.8. The van der Waals surface area contributed by atoms with Crippen LogP contribution in [0.1, 0.15) is 10.4 Å². The molecule has 1 aliphatic rings. The van der Waals surface area contributed by atoms with E-state index < -0.39 is 0 Å². The minimum atomic E-state index is -0.199. The second-order valence-corrected chi connectivity index (χ2v) is 6.82. The van der Waals surface area contributed by atoms with Crippen molar-refractivity contribution in [1.82, 2.24) is 15.3 Å². The van der Waals surface area contributed by atoms with Gasteiger partial charge < -0.3 is 26.0 Å². The fourth-order valence-corrected chi connectivity index (χ4v) is 3.27. The van der Waals surface area contributed by atoms with Gasteiger partial charge in [0.15, 0.2) is 0 Å². The van der Waals surface area contributed by atoms with Gasteiger partial charge in [0.1, 0.15) is 0 Å². The number of rotatable bonds is 6. The van der Waals surface area contributed by atoms with Gasteiger partial charge in [-0.25, -0.2) is 9.97 Å². The van der Waals surface area contributed by atoms with E-state index in [9.17, 15) is 4.79 Å². The molecule has 0 spiro atoms. The Morgan fingerprint density at radius 1 is 1.03 bits per heavy atom. The molecule has 8 nitrogen and oxygen atoms in total. The molecule has 1 aliphatic heterocycles. The van der Waals surface area contributed by atoms with Gasteiger partial charge in [0.2, 0.25) is 5.95 Å². The summed E-state index contributed by atoms with van der Waals surface area (Å²) in [5.74, 6) is 0.311. The highest BCUT2D eigenvalue weighted by Crippen LogP contribution is 2.22. The highest BCUT2D eigenvalue weighted by molar-refractivity contribution is 5.94. The Balaban J connectivity index is 1.45. The maximum absolute atomic E-state index is 11.8. The fraction of sp³-hybridized carbons (Fsp3) is 0.227. The van der Waals surface area contributed by atoms with E-state index in [2.05, 4.69) is 37.6 Å². The first-order valence-electron chi connectivity index (χ1n) is 9.84. The van der Waals surface area contributed by atoms with Gasteiger partial charge in [-0.3, -0.25) is 4.79 Å². The molecule has 0 atom stereocenters. The summed E-state index contributed by atoms with van der Waals surface area (Å²) >= 11 is 0. The first kappa shape index (κ1) is 19.8. The number of carbonyl (C=O) groups is 1. The third-order valence-electron chi connectivity index (χ3n) is 4.86. The van der Waals surface area contributed by atoms with Gasteiger partial charge in [-0.1, -0.05) is 12.1 Å². The first-order valence-corrected chi connectivity index (χ1v) is 9.84. The van der Waals surface area contributed by atoms with Crippen LogP contribution in [0.15, 0.2) is 60.8 Å². The zero-order valence-electron chi connectivity index (χ0n) is 16.5. The molecule has 2 aromatic carbocycles. The van der Waals surface area contributed by atoms with Crippen LogP contribution >= 0.6 is 0 Å². The second-order valence-electron chi connectivity index (χ2n) is 6.82. The summed E-state index contributed by atoms with van der Waals surface area (Å²) in [5, 5.41) is 5.82. The van der Waals surface area contributed by atoms with Crippen LogP contribution in [0.25, 0.3) is 11.3 Å². The predicted molar refractivity (Wildman–Crippen MR) is 117 cm³/mol. The lowest BCUT2D eigenvalue weighted by Gasteiger charge is -2.28. The van der Waals surface area contributed by atoms with Gasteiger partial charge in [0.25, 0.3) is 5.91 Å². The monoisotopic (exact) mass is 404 g/mol. The lowest BCUT2D eigenvalue weighted by molar-refractivity contribution is 0.0955. The van der Waals surface area contributed by atoms with E-state index in [0.29, 0.717) is 11.5 Å². The van der Waals surface area contributed by atoms with Crippen LogP contribution in [-0.4, -0.2) is 48.8 Å². The molecule has 4 N–H and O–H groups in total. The number of anilines is 3. The van der Waals surface area contributed by atoms with Gasteiger partial charge in [-0.15, -0.1) is 0 Å². The third kappa shape index (κ3) is 4.73. The predicted octanol–water partition coefficient (Wildman–Crippen LogP) is 2.37. The molecule has 3 aromatic rings. The summed E-state index contributed by atoms with van der Waals surface area (Å²) in [6.07, 6.45) is 1.71. The van der Waals surface area contributed by atoms with Crippen LogP contribution in [0, 0.1) is 0 Å². The molecule has 1 aromatic heterocycles. The fourth-order valence-electron chi connectivity index (χ4n) is 3.27. The zero-order valence-corrected chi connectivity index (χ0v) is 16.5. The van der Waals surface area contributed by atoms with Crippen molar-refractivity contribution in [3.05, 3.63) is 66.4 Å². The van der Waals surface area contributed by atoms with Gasteiger partial charge in [-0.2, -0.15) is 0 Å². The van der Waals surface area contributed by atoms with Crippen LogP contribution in [0.5, 0.6) is 0 Å². The quantitative estimate of drug-likeness (QED) is 0.542. The summed E-state index contributed by atoms with van der Waals surface area (Å²) in [6, 6.07) is 17.3. The van der Waals surface area contributed by atoms with Crippen LogP contribution < -0.4 is 21.3 Å². The minimum Gasteiger partial charge on any atom is -0.378 e. The molecule has 154 valence electrons. The van der Waals surface area contributed by atoms with Crippen molar-refractivity contribution in [3.8, 4) is 11.3 Å². The van der Waals surface area contributed by atoms with E-state index in [0.717, 1.165) is 43.2 Å². The van der Waals surface area contributed by atoms with Crippen molar-refractivity contribution in [3.63, 3.8) is 0 Å². The Morgan fingerprint density at radius 3 is 2.47 bits per heavy atom. The molecule has 0 bridgehead atoms. The number of nitrogens with zero attached hydrogens (tertiary/aromatic N) is 3. The summed E-state index contributed by atoms with van der Waals surface area (Å²) in [4.78, 5) is 23.1. The maximum Gasteiger partial charge on any atom is 0.252 e. The molecular weight excluding hydrogens is 380 g/mol. The molecule has 30 heavy (non-hydrogen) atoms. The van der Waals surface area contributed by atoms with E-state index in [1.54, 1.807) is 18.3 Å². The van der Waals surface area contributed by atoms with E-state index >= 15 is 0 Å². The summed E-state index contributed by atoms with van der Waals surface area (Å²) in [5.41, 5.74) is 9.66. The molecule has 0 unspecified atom stereocenters. The van der Waals surface area contributed by atoms with Crippen LogP contribution in [0.3, 0.4) is 0 Å². The normalized spacial score (nSPS) is 13.7. The molecule has 4 rings (SSSR count). The van der Waals surface area contributed by atoms with E-state index in [1.807, 2.05) is 30.3 Å².